The zero-order valence-electron chi connectivity index (χ0n) is 21.7. The third-order valence-corrected chi connectivity index (χ3v) is 6.21. The monoisotopic (exact) mass is 499 g/mol. The van der Waals surface area contributed by atoms with Gasteiger partial charge in [-0.15, -0.1) is 0 Å². The van der Waals surface area contributed by atoms with Gasteiger partial charge in [-0.2, -0.15) is 0 Å². The number of benzene rings is 1. The Labute approximate surface area is 210 Å². The van der Waals surface area contributed by atoms with E-state index in [2.05, 4.69) is 4.98 Å². The number of aliphatic hydroxyl groups is 1. The topological polar surface area (TPSA) is 121 Å². The van der Waals surface area contributed by atoms with Crippen LogP contribution in [0.1, 0.15) is 45.8 Å². The van der Waals surface area contributed by atoms with Crippen molar-refractivity contribution in [1.29, 1.82) is 0 Å². The van der Waals surface area contributed by atoms with E-state index in [0.29, 0.717) is 34.9 Å². The number of aromatic amines is 1. The fraction of sp³-hybridized carbons (Fsp3) is 0.423. The fourth-order valence-corrected chi connectivity index (χ4v) is 4.44. The van der Waals surface area contributed by atoms with Crippen molar-refractivity contribution in [2.75, 3.05) is 48.0 Å². The maximum absolute atomic E-state index is 13.3. The predicted molar refractivity (Wildman–Crippen MR) is 133 cm³/mol. The molecule has 1 aliphatic heterocycles. The van der Waals surface area contributed by atoms with Gasteiger partial charge in [-0.3, -0.25) is 9.59 Å². The van der Waals surface area contributed by atoms with E-state index in [4.69, 9.17) is 14.2 Å². The molecule has 1 amide bonds. The fourth-order valence-electron chi connectivity index (χ4n) is 4.44. The number of aromatic nitrogens is 1. The number of hydrogen-bond acceptors (Lipinski definition) is 8. The molecule has 1 aromatic heterocycles. The van der Waals surface area contributed by atoms with Gasteiger partial charge in [-0.1, -0.05) is 6.07 Å². The number of nitrogens with zero attached hydrogens (tertiary/aromatic N) is 2. The Hall–Kier alpha value is -3.79. The quantitative estimate of drug-likeness (QED) is 0.234. The third kappa shape index (κ3) is 4.81. The SMILES string of the molecule is CCOC(=O)c1[nH]c(C)c(/C(O)=C2\C(=O)C(=O)N(CCN(C)C)[C@H]2c2ccc(OC)c(OC)c2)c1C. The Morgan fingerprint density at radius 2 is 1.81 bits per heavy atom. The molecule has 2 aromatic rings. The molecular formula is C26H33N3O7. The number of aryl methyl sites for hydroxylation is 1. The van der Waals surface area contributed by atoms with Gasteiger partial charge in [-0.05, 0) is 58.1 Å². The van der Waals surface area contributed by atoms with Crippen LogP contribution in [-0.4, -0.2) is 85.6 Å². The standard InChI is InChI=1S/C26H33N3O7/c1-8-36-26(33)21-14(2)19(15(3)27-21)23(30)20-22(16-9-10-17(34-6)18(13-16)35-7)29(12-11-28(4)5)25(32)24(20)31/h9-10,13,22,27,30H,8,11-12H2,1-7H3/b23-20+/t22-/m0/s1. The van der Waals surface area contributed by atoms with E-state index in [-0.39, 0.29) is 35.7 Å². The van der Waals surface area contributed by atoms with Crippen LogP contribution in [0.4, 0.5) is 0 Å². The van der Waals surface area contributed by atoms with Gasteiger partial charge in [0.2, 0.25) is 0 Å². The minimum atomic E-state index is -0.871. The van der Waals surface area contributed by atoms with Crippen LogP contribution in [-0.2, 0) is 14.3 Å². The Balaban J connectivity index is 2.24. The van der Waals surface area contributed by atoms with Gasteiger partial charge in [0.05, 0.1) is 32.4 Å². The molecule has 0 saturated carbocycles. The first-order valence-corrected chi connectivity index (χ1v) is 11.6. The predicted octanol–water partition coefficient (Wildman–Crippen LogP) is 2.81. The number of Topliss-reactive ketones (excluding diaryl/α,β-unsaturated/α-hetero) is 1. The number of aliphatic hydroxyl groups excluding tert-OH is 1. The number of methoxy groups -OCH3 is 2. The maximum Gasteiger partial charge on any atom is 0.355 e. The Kier molecular flexibility index (Phi) is 8.09. The first-order chi connectivity index (χ1) is 17.1. The van der Waals surface area contributed by atoms with Gasteiger partial charge in [0.15, 0.2) is 11.5 Å². The van der Waals surface area contributed by atoms with Crippen LogP contribution in [0.5, 0.6) is 11.5 Å². The van der Waals surface area contributed by atoms with Gasteiger partial charge < -0.3 is 34.1 Å². The summed E-state index contributed by atoms with van der Waals surface area (Å²) >= 11 is 0. The summed E-state index contributed by atoms with van der Waals surface area (Å²) in [7, 11) is 6.74. The highest BCUT2D eigenvalue weighted by molar-refractivity contribution is 6.46. The molecule has 1 atom stereocenters. The minimum absolute atomic E-state index is 0.0633. The Morgan fingerprint density at radius 1 is 1.14 bits per heavy atom. The number of likely N-dealkylation sites (N-methyl/N-ethyl adjacent to an activating group) is 1. The molecule has 1 aromatic carbocycles. The molecule has 0 aliphatic carbocycles. The first kappa shape index (κ1) is 26.8. The van der Waals surface area contributed by atoms with E-state index in [0.717, 1.165) is 0 Å². The smallest absolute Gasteiger partial charge is 0.355 e. The summed E-state index contributed by atoms with van der Waals surface area (Å²) in [6.45, 7) is 5.98. The third-order valence-electron chi connectivity index (χ3n) is 6.21. The van der Waals surface area contributed by atoms with Crippen LogP contribution >= 0.6 is 0 Å². The van der Waals surface area contributed by atoms with Crippen LogP contribution in [0.2, 0.25) is 0 Å². The van der Waals surface area contributed by atoms with E-state index >= 15 is 0 Å². The van der Waals surface area contributed by atoms with Crippen molar-refractivity contribution in [3.8, 4) is 11.5 Å². The zero-order chi connectivity index (χ0) is 26.7. The normalized spacial score (nSPS) is 17.1. The number of H-pyrrole nitrogens is 1. The number of rotatable bonds is 9. The summed E-state index contributed by atoms with van der Waals surface area (Å²) in [5.41, 5.74) is 1.87. The van der Waals surface area contributed by atoms with Crippen LogP contribution in [0.3, 0.4) is 0 Å². The summed E-state index contributed by atoms with van der Waals surface area (Å²) in [5.74, 6) is -1.53. The average molecular weight is 500 g/mol. The highest BCUT2D eigenvalue weighted by atomic mass is 16.5. The highest BCUT2D eigenvalue weighted by Gasteiger charge is 2.46. The molecule has 0 spiro atoms. The molecule has 10 heteroatoms. The Morgan fingerprint density at radius 3 is 2.39 bits per heavy atom. The second-order valence-corrected chi connectivity index (χ2v) is 8.76. The molecule has 1 saturated heterocycles. The van der Waals surface area contributed by atoms with E-state index < -0.39 is 23.7 Å². The van der Waals surface area contributed by atoms with Crippen molar-refractivity contribution in [1.82, 2.24) is 14.8 Å². The summed E-state index contributed by atoms with van der Waals surface area (Å²) in [4.78, 5) is 45.2. The summed E-state index contributed by atoms with van der Waals surface area (Å²) < 4.78 is 15.9. The summed E-state index contributed by atoms with van der Waals surface area (Å²) in [6.07, 6.45) is 0. The van der Waals surface area contributed by atoms with E-state index in [1.807, 2.05) is 19.0 Å². The number of amides is 1. The number of ether oxygens (including phenoxy) is 3. The lowest BCUT2D eigenvalue weighted by Crippen LogP contribution is -2.35. The van der Waals surface area contributed by atoms with E-state index in [1.54, 1.807) is 39.0 Å². The van der Waals surface area contributed by atoms with Crippen molar-refractivity contribution < 1.29 is 33.7 Å². The van der Waals surface area contributed by atoms with Crippen molar-refractivity contribution in [2.45, 2.75) is 26.8 Å². The molecule has 36 heavy (non-hydrogen) atoms. The highest BCUT2D eigenvalue weighted by Crippen LogP contribution is 2.42. The van der Waals surface area contributed by atoms with Gasteiger partial charge >= 0.3 is 5.97 Å². The zero-order valence-corrected chi connectivity index (χ0v) is 21.7. The van der Waals surface area contributed by atoms with Crippen LogP contribution in [0.15, 0.2) is 23.8 Å². The van der Waals surface area contributed by atoms with Crippen molar-refractivity contribution >= 4 is 23.4 Å². The number of likely N-dealkylation sites (tertiary alicyclic amines) is 1. The van der Waals surface area contributed by atoms with Crippen LogP contribution in [0.25, 0.3) is 5.76 Å². The number of hydrogen-bond donors (Lipinski definition) is 2. The molecule has 3 rings (SSSR count). The lowest BCUT2D eigenvalue weighted by molar-refractivity contribution is -0.140. The molecular weight excluding hydrogens is 466 g/mol. The first-order valence-electron chi connectivity index (χ1n) is 11.6. The Bertz CT molecular complexity index is 1210. The second-order valence-electron chi connectivity index (χ2n) is 8.76. The molecule has 1 fully saturated rings. The second kappa shape index (κ2) is 10.9. The van der Waals surface area contributed by atoms with Gasteiger partial charge in [0, 0.05) is 24.3 Å². The van der Waals surface area contributed by atoms with E-state index in [9.17, 15) is 19.5 Å². The number of ketones is 1. The molecule has 0 bridgehead atoms. The lowest BCUT2D eigenvalue weighted by atomic mass is 9.93. The van der Waals surface area contributed by atoms with E-state index in [1.165, 1.54) is 19.1 Å². The number of nitrogens with one attached hydrogen (secondary N) is 1. The van der Waals surface area contributed by atoms with Gasteiger partial charge in [-0.25, -0.2) is 4.79 Å². The molecule has 10 nitrogen and oxygen atoms in total. The summed E-state index contributed by atoms with van der Waals surface area (Å²) in [6, 6.07) is 4.23. The largest absolute Gasteiger partial charge is 0.507 e. The van der Waals surface area contributed by atoms with Crippen molar-refractivity contribution in [2.24, 2.45) is 0 Å². The summed E-state index contributed by atoms with van der Waals surface area (Å²) in [5, 5.41) is 11.5. The van der Waals surface area contributed by atoms with Gasteiger partial charge in [0.1, 0.15) is 11.5 Å². The van der Waals surface area contributed by atoms with Crippen molar-refractivity contribution in [3.05, 3.63) is 51.9 Å². The molecule has 2 N–H and O–H groups in total. The number of esters is 1. The molecule has 1 aliphatic rings. The number of carbonyl (C=O) groups is 3. The molecule has 194 valence electrons. The molecule has 0 unspecified atom stereocenters. The number of carbonyl (C=O) groups excluding carboxylic acids is 3. The molecule has 2 heterocycles. The van der Waals surface area contributed by atoms with Crippen LogP contribution < -0.4 is 9.47 Å². The average Bonchev–Trinajstić information content (AvgIpc) is 3.28. The minimum Gasteiger partial charge on any atom is -0.507 e. The maximum atomic E-state index is 13.3. The van der Waals surface area contributed by atoms with Gasteiger partial charge in [0.25, 0.3) is 11.7 Å². The van der Waals surface area contributed by atoms with Crippen molar-refractivity contribution in [3.63, 3.8) is 0 Å². The van der Waals surface area contributed by atoms with Crippen LogP contribution in [0, 0.1) is 13.8 Å². The lowest BCUT2D eigenvalue weighted by Gasteiger charge is -2.27. The molecule has 0 radical (unpaired) electrons.